The van der Waals surface area contributed by atoms with E-state index in [1.54, 1.807) is 25.5 Å². The molecular weight excluding hydrogens is 439 g/mol. The molecular formula is C22H27FN2O6S. The van der Waals surface area contributed by atoms with Crippen LogP contribution >= 0.6 is 0 Å². The molecule has 1 aliphatic heterocycles. The van der Waals surface area contributed by atoms with Crippen LogP contribution in [0.1, 0.15) is 44.9 Å². The highest BCUT2D eigenvalue weighted by molar-refractivity contribution is 7.89. The summed E-state index contributed by atoms with van der Waals surface area (Å²) in [5.74, 6) is -1.59. The van der Waals surface area contributed by atoms with E-state index in [1.807, 2.05) is 0 Å². The van der Waals surface area contributed by atoms with Crippen LogP contribution in [0.25, 0.3) is 0 Å². The number of carbonyl (C=O) groups excluding carboxylic acids is 2. The molecule has 1 fully saturated rings. The smallest absolute Gasteiger partial charge is 0.354 e. The van der Waals surface area contributed by atoms with Gasteiger partial charge in [0.1, 0.15) is 11.5 Å². The number of halogens is 1. The number of benzene rings is 1. The molecule has 0 N–H and O–H groups in total. The van der Waals surface area contributed by atoms with E-state index in [9.17, 15) is 22.4 Å². The molecule has 1 saturated heterocycles. The number of carbonyl (C=O) groups is 2. The fourth-order valence-corrected chi connectivity index (χ4v) is 5.46. The molecule has 8 nitrogen and oxygen atoms in total. The van der Waals surface area contributed by atoms with Gasteiger partial charge in [-0.25, -0.2) is 17.6 Å². The molecule has 2 aromatic rings. The Balaban J connectivity index is 1.97. The first-order valence-corrected chi connectivity index (χ1v) is 11.7. The highest BCUT2D eigenvalue weighted by Crippen LogP contribution is 2.25. The molecule has 3 rings (SSSR count). The zero-order valence-electron chi connectivity index (χ0n) is 18.6. The van der Waals surface area contributed by atoms with E-state index in [1.165, 1.54) is 19.2 Å². The van der Waals surface area contributed by atoms with Crippen molar-refractivity contribution in [3.05, 3.63) is 52.6 Å². The summed E-state index contributed by atoms with van der Waals surface area (Å²) in [5.41, 5.74) is 1.47. The van der Waals surface area contributed by atoms with Gasteiger partial charge < -0.3 is 14.0 Å². The van der Waals surface area contributed by atoms with Gasteiger partial charge in [-0.05, 0) is 56.5 Å². The Morgan fingerprint density at radius 3 is 2.47 bits per heavy atom. The highest BCUT2D eigenvalue weighted by atomic mass is 32.2. The fraction of sp³-hybridized carbons (Fsp3) is 0.455. The van der Waals surface area contributed by atoms with E-state index >= 15 is 0 Å². The average molecular weight is 467 g/mol. The normalized spacial score (nSPS) is 16.5. The molecule has 10 heteroatoms. The van der Waals surface area contributed by atoms with Gasteiger partial charge in [-0.2, -0.15) is 4.31 Å². The van der Waals surface area contributed by atoms with E-state index < -0.39 is 34.1 Å². The predicted octanol–water partition coefficient (Wildman–Crippen LogP) is 2.62. The number of rotatable bonds is 8. The summed E-state index contributed by atoms with van der Waals surface area (Å²) in [6, 6.07) is 4.47. The van der Waals surface area contributed by atoms with Crippen molar-refractivity contribution in [1.29, 1.82) is 0 Å². The molecule has 1 aromatic carbocycles. The lowest BCUT2D eigenvalue weighted by Gasteiger charge is -2.24. The van der Waals surface area contributed by atoms with Crippen LogP contribution in [-0.2, 0) is 26.5 Å². The zero-order valence-corrected chi connectivity index (χ0v) is 19.4. The number of hydrogen-bond donors (Lipinski definition) is 0. The van der Waals surface area contributed by atoms with Crippen molar-refractivity contribution in [2.24, 2.45) is 7.05 Å². The van der Waals surface area contributed by atoms with Gasteiger partial charge in [-0.15, -0.1) is 0 Å². The zero-order chi connectivity index (χ0) is 23.6. The van der Waals surface area contributed by atoms with Crippen LogP contribution < -0.4 is 0 Å². The number of ketones is 1. The number of hydrogen-bond acceptors (Lipinski definition) is 6. The van der Waals surface area contributed by atoms with Gasteiger partial charge in [0.2, 0.25) is 10.0 Å². The monoisotopic (exact) mass is 466 g/mol. The third-order valence-corrected chi connectivity index (χ3v) is 7.62. The molecule has 1 unspecified atom stereocenters. The van der Waals surface area contributed by atoms with Crippen molar-refractivity contribution in [1.82, 2.24) is 8.87 Å². The Labute approximate surface area is 187 Å². The minimum atomic E-state index is -4.09. The summed E-state index contributed by atoms with van der Waals surface area (Å²) in [7, 11) is -1.19. The van der Waals surface area contributed by atoms with Gasteiger partial charge in [-0.3, -0.25) is 4.79 Å². The second-order valence-electron chi connectivity index (χ2n) is 7.79. The molecule has 1 aromatic heterocycles. The number of nitrogens with zero attached hydrogens (tertiary/aromatic N) is 2. The van der Waals surface area contributed by atoms with Crippen molar-refractivity contribution >= 4 is 21.8 Å². The molecule has 2 heterocycles. The summed E-state index contributed by atoms with van der Waals surface area (Å²) in [4.78, 5) is 25.4. The maximum atomic E-state index is 13.3. The Hall–Kier alpha value is -2.56. The van der Waals surface area contributed by atoms with Crippen LogP contribution in [0.4, 0.5) is 4.39 Å². The molecule has 0 saturated carbocycles. The van der Waals surface area contributed by atoms with Crippen molar-refractivity contribution in [2.45, 2.75) is 37.7 Å². The first kappa shape index (κ1) is 24.1. The predicted molar refractivity (Wildman–Crippen MR) is 115 cm³/mol. The number of methoxy groups -OCH3 is 1. The number of sulfonamides is 1. The quantitative estimate of drug-likeness (QED) is 0.439. The van der Waals surface area contributed by atoms with E-state index in [0.717, 1.165) is 22.9 Å². The second-order valence-corrected chi connectivity index (χ2v) is 9.73. The molecule has 0 spiro atoms. The topological polar surface area (TPSA) is 94.9 Å². The number of aromatic nitrogens is 1. The largest absolute Gasteiger partial charge is 0.464 e. The SMILES string of the molecule is COC(=O)c1c(C)c(C(=O)CN(CC2CCCO2)S(=O)(=O)c2ccc(F)cc2)c(C)n1C. The Bertz CT molecular complexity index is 1120. The van der Waals surface area contributed by atoms with Crippen molar-refractivity contribution in [2.75, 3.05) is 26.8 Å². The summed E-state index contributed by atoms with van der Waals surface area (Å²) in [6.07, 6.45) is 1.16. The van der Waals surface area contributed by atoms with Crippen molar-refractivity contribution in [3.63, 3.8) is 0 Å². The van der Waals surface area contributed by atoms with Crippen LogP contribution in [0.3, 0.4) is 0 Å². The van der Waals surface area contributed by atoms with Gasteiger partial charge in [0, 0.05) is 31.5 Å². The van der Waals surface area contributed by atoms with Crippen LogP contribution in [0, 0.1) is 19.7 Å². The van der Waals surface area contributed by atoms with Crippen LogP contribution in [0.5, 0.6) is 0 Å². The van der Waals surface area contributed by atoms with Crippen LogP contribution in [-0.4, -0.2) is 62.0 Å². The fourth-order valence-electron chi connectivity index (χ4n) is 4.03. The molecule has 174 valence electrons. The summed E-state index contributed by atoms with van der Waals surface area (Å²) in [6.45, 7) is 3.41. The lowest BCUT2D eigenvalue weighted by atomic mass is 10.1. The highest BCUT2D eigenvalue weighted by Gasteiger charge is 2.33. The van der Waals surface area contributed by atoms with E-state index in [2.05, 4.69) is 0 Å². The number of ether oxygens (including phenoxy) is 2. The Morgan fingerprint density at radius 2 is 1.91 bits per heavy atom. The molecule has 0 amide bonds. The van der Waals surface area contributed by atoms with Crippen molar-refractivity contribution in [3.8, 4) is 0 Å². The first-order valence-electron chi connectivity index (χ1n) is 10.2. The summed E-state index contributed by atoms with van der Waals surface area (Å²) >= 11 is 0. The maximum absolute atomic E-state index is 13.3. The van der Waals surface area contributed by atoms with E-state index in [4.69, 9.17) is 9.47 Å². The van der Waals surface area contributed by atoms with Gasteiger partial charge in [0.25, 0.3) is 0 Å². The third kappa shape index (κ3) is 4.62. The summed E-state index contributed by atoms with van der Waals surface area (Å²) < 4.78 is 53.0. The number of esters is 1. The van der Waals surface area contributed by atoms with Gasteiger partial charge >= 0.3 is 5.97 Å². The summed E-state index contributed by atoms with van der Waals surface area (Å²) in [5, 5.41) is 0. The van der Waals surface area contributed by atoms with Gasteiger partial charge in [-0.1, -0.05) is 0 Å². The lowest BCUT2D eigenvalue weighted by Crippen LogP contribution is -2.41. The second kappa shape index (κ2) is 9.51. The van der Waals surface area contributed by atoms with Crippen molar-refractivity contribution < 1.29 is 31.9 Å². The molecule has 0 radical (unpaired) electrons. The molecule has 1 aliphatic rings. The minimum absolute atomic E-state index is 0.000235. The molecule has 32 heavy (non-hydrogen) atoms. The first-order chi connectivity index (χ1) is 15.1. The standard InChI is InChI=1S/C22H27FN2O6S/c1-14-20(15(2)24(3)21(14)22(27)30-4)19(26)13-25(12-17-6-5-11-31-17)32(28,29)18-9-7-16(23)8-10-18/h7-10,17H,5-6,11-13H2,1-4H3. The Morgan fingerprint density at radius 1 is 1.25 bits per heavy atom. The Kier molecular flexibility index (Phi) is 7.16. The lowest BCUT2D eigenvalue weighted by molar-refractivity contribution is 0.0588. The van der Waals surface area contributed by atoms with Gasteiger partial charge in [0.15, 0.2) is 5.78 Å². The average Bonchev–Trinajstić information content (AvgIpc) is 3.33. The van der Waals surface area contributed by atoms with E-state index in [0.29, 0.717) is 24.3 Å². The van der Waals surface area contributed by atoms with Gasteiger partial charge in [0.05, 0.1) is 24.7 Å². The minimum Gasteiger partial charge on any atom is -0.464 e. The van der Waals surface area contributed by atoms with Crippen LogP contribution in [0.2, 0.25) is 0 Å². The molecule has 1 atom stereocenters. The van der Waals surface area contributed by atoms with Crippen LogP contribution in [0.15, 0.2) is 29.2 Å². The molecule has 0 bridgehead atoms. The van der Waals surface area contributed by atoms with E-state index in [-0.39, 0.29) is 28.8 Å². The maximum Gasteiger partial charge on any atom is 0.354 e. The third-order valence-electron chi connectivity index (χ3n) is 5.79. The number of Topliss-reactive ketones (excluding diaryl/α,β-unsaturated/α-hetero) is 1. The molecule has 0 aliphatic carbocycles.